The van der Waals surface area contributed by atoms with Gasteiger partial charge in [-0.1, -0.05) is 28.1 Å². The standard InChI is InChI=1S/C26H26BrNO5/c1-30-19-7-9-20(10-8-19)33-16-23-21-11-12-24(31-2)25(32-3)22(21)13-14-28(23)26(29)17-5-4-6-18(27)15-17/h4-12,15,23H,13-14,16H2,1-3H3. The van der Waals surface area contributed by atoms with Gasteiger partial charge in [0.05, 0.1) is 27.4 Å². The van der Waals surface area contributed by atoms with Crippen LogP contribution in [0.4, 0.5) is 0 Å². The van der Waals surface area contributed by atoms with Crippen molar-refractivity contribution < 1.29 is 23.7 Å². The highest BCUT2D eigenvalue weighted by Gasteiger charge is 2.34. The Morgan fingerprint density at radius 1 is 0.970 bits per heavy atom. The van der Waals surface area contributed by atoms with Gasteiger partial charge in [0.15, 0.2) is 11.5 Å². The molecule has 6 nitrogen and oxygen atoms in total. The van der Waals surface area contributed by atoms with Crippen LogP contribution in [-0.2, 0) is 6.42 Å². The van der Waals surface area contributed by atoms with Gasteiger partial charge in [-0.3, -0.25) is 4.79 Å². The van der Waals surface area contributed by atoms with Gasteiger partial charge in [-0.15, -0.1) is 0 Å². The summed E-state index contributed by atoms with van der Waals surface area (Å²) in [4.78, 5) is 15.4. The maximum Gasteiger partial charge on any atom is 0.254 e. The van der Waals surface area contributed by atoms with E-state index in [1.165, 1.54) is 0 Å². The molecule has 0 N–H and O–H groups in total. The van der Waals surface area contributed by atoms with Crippen LogP contribution in [0.5, 0.6) is 23.0 Å². The fourth-order valence-corrected chi connectivity index (χ4v) is 4.59. The van der Waals surface area contributed by atoms with Gasteiger partial charge in [0.1, 0.15) is 18.1 Å². The molecule has 1 aliphatic rings. The van der Waals surface area contributed by atoms with Crippen molar-refractivity contribution in [1.29, 1.82) is 0 Å². The predicted octanol–water partition coefficient (Wildman–Crippen LogP) is 5.29. The average Bonchev–Trinajstić information content (AvgIpc) is 2.86. The zero-order chi connectivity index (χ0) is 23.4. The van der Waals surface area contributed by atoms with Crippen LogP contribution in [0.3, 0.4) is 0 Å². The Balaban J connectivity index is 1.69. The lowest BCUT2D eigenvalue weighted by atomic mass is 9.91. The fourth-order valence-electron chi connectivity index (χ4n) is 4.19. The molecular weight excluding hydrogens is 486 g/mol. The lowest BCUT2D eigenvalue weighted by molar-refractivity contribution is 0.0588. The maximum atomic E-state index is 13.5. The summed E-state index contributed by atoms with van der Waals surface area (Å²) in [7, 11) is 4.89. The molecule has 0 saturated carbocycles. The lowest BCUT2D eigenvalue weighted by Gasteiger charge is -2.38. The van der Waals surface area contributed by atoms with Crippen molar-refractivity contribution >= 4 is 21.8 Å². The van der Waals surface area contributed by atoms with Crippen molar-refractivity contribution in [3.05, 3.63) is 81.8 Å². The van der Waals surface area contributed by atoms with Gasteiger partial charge >= 0.3 is 0 Å². The SMILES string of the molecule is COc1ccc(OCC2c3ccc(OC)c(OC)c3CCN2C(=O)c2cccc(Br)c2)cc1. The fraction of sp³-hybridized carbons (Fsp3) is 0.269. The van der Waals surface area contributed by atoms with E-state index in [2.05, 4.69) is 15.9 Å². The van der Waals surface area contributed by atoms with E-state index in [9.17, 15) is 4.79 Å². The molecule has 1 atom stereocenters. The van der Waals surface area contributed by atoms with E-state index in [1.807, 2.05) is 65.6 Å². The number of nitrogens with zero attached hydrogens (tertiary/aromatic N) is 1. The van der Waals surface area contributed by atoms with Crippen molar-refractivity contribution in [2.75, 3.05) is 34.5 Å². The monoisotopic (exact) mass is 511 g/mol. The summed E-state index contributed by atoms with van der Waals surface area (Å²) in [6.07, 6.45) is 0.661. The first-order valence-corrected chi connectivity index (χ1v) is 11.4. The van der Waals surface area contributed by atoms with Crippen molar-refractivity contribution in [2.24, 2.45) is 0 Å². The van der Waals surface area contributed by atoms with Crippen LogP contribution in [0.1, 0.15) is 27.5 Å². The zero-order valence-electron chi connectivity index (χ0n) is 18.8. The summed E-state index contributed by atoms with van der Waals surface area (Å²) in [5.74, 6) is 2.81. The largest absolute Gasteiger partial charge is 0.497 e. The average molecular weight is 512 g/mol. The van der Waals surface area contributed by atoms with Crippen molar-refractivity contribution in [2.45, 2.75) is 12.5 Å². The van der Waals surface area contributed by atoms with E-state index in [1.54, 1.807) is 21.3 Å². The number of benzene rings is 3. The molecule has 0 spiro atoms. The third kappa shape index (κ3) is 4.78. The van der Waals surface area contributed by atoms with Crippen LogP contribution in [0.2, 0.25) is 0 Å². The molecule has 1 unspecified atom stereocenters. The van der Waals surface area contributed by atoms with E-state index in [-0.39, 0.29) is 11.9 Å². The molecule has 4 rings (SSSR count). The molecule has 172 valence electrons. The Morgan fingerprint density at radius 3 is 2.39 bits per heavy atom. The summed E-state index contributed by atoms with van der Waals surface area (Å²) >= 11 is 3.47. The first-order chi connectivity index (χ1) is 16.0. The number of methoxy groups -OCH3 is 3. The van der Waals surface area contributed by atoms with Crippen LogP contribution in [0, 0.1) is 0 Å². The normalized spacial score (nSPS) is 14.9. The van der Waals surface area contributed by atoms with E-state index in [0.29, 0.717) is 42.4 Å². The summed E-state index contributed by atoms with van der Waals surface area (Å²) in [5, 5.41) is 0. The number of hydrogen-bond acceptors (Lipinski definition) is 5. The second-order valence-electron chi connectivity index (χ2n) is 7.63. The van der Waals surface area contributed by atoms with Gasteiger partial charge in [-0.05, 0) is 60.5 Å². The number of ether oxygens (including phenoxy) is 4. The summed E-state index contributed by atoms with van der Waals surface area (Å²) in [5.41, 5.74) is 2.66. The Hall–Kier alpha value is -3.19. The van der Waals surface area contributed by atoms with E-state index in [0.717, 1.165) is 21.3 Å². The molecule has 0 radical (unpaired) electrons. The van der Waals surface area contributed by atoms with Crippen molar-refractivity contribution in [3.63, 3.8) is 0 Å². The minimum absolute atomic E-state index is 0.0416. The quantitative estimate of drug-likeness (QED) is 0.431. The van der Waals surface area contributed by atoms with Gasteiger partial charge in [-0.2, -0.15) is 0 Å². The van der Waals surface area contributed by atoms with E-state index < -0.39 is 0 Å². The number of carbonyl (C=O) groups excluding carboxylic acids is 1. The summed E-state index contributed by atoms with van der Waals surface area (Å²) in [6, 6.07) is 18.5. The predicted molar refractivity (Wildman–Crippen MR) is 130 cm³/mol. The molecule has 0 aromatic heterocycles. The van der Waals surface area contributed by atoms with Gasteiger partial charge in [0, 0.05) is 22.1 Å². The van der Waals surface area contributed by atoms with Gasteiger partial charge in [-0.25, -0.2) is 0 Å². The van der Waals surface area contributed by atoms with Gasteiger partial charge in [0.25, 0.3) is 5.91 Å². The second-order valence-corrected chi connectivity index (χ2v) is 8.55. The van der Waals surface area contributed by atoms with Gasteiger partial charge < -0.3 is 23.8 Å². The molecule has 3 aromatic rings. The molecule has 33 heavy (non-hydrogen) atoms. The Bertz CT molecular complexity index is 1130. The molecule has 1 aliphatic heterocycles. The van der Waals surface area contributed by atoms with Crippen LogP contribution >= 0.6 is 15.9 Å². The molecule has 1 heterocycles. The van der Waals surface area contributed by atoms with Crippen molar-refractivity contribution in [1.82, 2.24) is 4.90 Å². The molecule has 0 fully saturated rings. The highest BCUT2D eigenvalue weighted by molar-refractivity contribution is 9.10. The lowest BCUT2D eigenvalue weighted by Crippen LogP contribution is -2.42. The Kier molecular flexibility index (Phi) is 7.08. The molecule has 3 aromatic carbocycles. The number of rotatable bonds is 7. The molecule has 1 amide bonds. The minimum Gasteiger partial charge on any atom is -0.497 e. The third-order valence-corrected chi connectivity index (χ3v) is 6.32. The number of fused-ring (bicyclic) bond motifs is 1. The van der Waals surface area contributed by atoms with Crippen LogP contribution in [0.25, 0.3) is 0 Å². The Morgan fingerprint density at radius 2 is 1.73 bits per heavy atom. The minimum atomic E-state index is -0.290. The second kappa shape index (κ2) is 10.2. The molecular formula is C26H26BrNO5. The maximum absolute atomic E-state index is 13.5. The highest BCUT2D eigenvalue weighted by Crippen LogP contribution is 2.41. The number of amides is 1. The molecule has 0 bridgehead atoms. The molecule has 0 saturated heterocycles. The summed E-state index contributed by atoms with van der Waals surface area (Å²) < 4.78 is 23.4. The van der Waals surface area contributed by atoms with Crippen LogP contribution in [0.15, 0.2) is 65.1 Å². The van der Waals surface area contributed by atoms with Gasteiger partial charge in [0.2, 0.25) is 0 Å². The first-order valence-electron chi connectivity index (χ1n) is 10.6. The molecule has 7 heteroatoms. The Labute approximate surface area is 202 Å². The zero-order valence-corrected chi connectivity index (χ0v) is 20.4. The smallest absolute Gasteiger partial charge is 0.254 e. The third-order valence-electron chi connectivity index (χ3n) is 5.82. The number of halogens is 1. The highest BCUT2D eigenvalue weighted by atomic mass is 79.9. The van der Waals surface area contributed by atoms with Crippen molar-refractivity contribution in [3.8, 4) is 23.0 Å². The number of carbonyl (C=O) groups is 1. The number of hydrogen-bond donors (Lipinski definition) is 0. The molecule has 0 aliphatic carbocycles. The summed E-state index contributed by atoms with van der Waals surface area (Å²) in [6.45, 7) is 0.840. The first kappa shape index (κ1) is 23.0. The van der Waals surface area contributed by atoms with Crippen LogP contribution < -0.4 is 18.9 Å². The van der Waals surface area contributed by atoms with Crippen LogP contribution in [-0.4, -0.2) is 45.3 Å². The topological polar surface area (TPSA) is 57.2 Å². The van der Waals surface area contributed by atoms with E-state index in [4.69, 9.17) is 18.9 Å². The van der Waals surface area contributed by atoms with E-state index >= 15 is 0 Å².